The van der Waals surface area contributed by atoms with E-state index in [0.29, 0.717) is 0 Å². The molecule has 0 saturated heterocycles. The summed E-state index contributed by atoms with van der Waals surface area (Å²) >= 11 is 0. The largest absolute Gasteiger partial charge is 0.493 e. The molecule has 3 aromatic rings. The molecule has 4 heteroatoms. The van der Waals surface area contributed by atoms with Crippen LogP contribution in [0.2, 0.25) is 0 Å². The normalized spacial score (nSPS) is 10.7. The number of benzene rings is 1. The number of anilines is 1. The van der Waals surface area contributed by atoms with Crippen LogP contribution in [0.15, 0.2) is 48.8 Å². The second kappa shape index (κ2) is 4.07. The molecule has 4 nitrogen and oxygen atoms in total. The molecule has 0 atom stereocenters. The van der Waals surface area contributed by atoms with Gasteiger partial charge in [-0.3, -0.25) is 10.4 Å². The zero-order valence-corrected chi connectivity index (χ0v) is 9.96. The van der Waals surface area contributed by atoms with Gasteiger partial charge in [-0.05, 0) is 25.1 Å². The molecule has 0 aliphatic rings. The molecule has 0 fully saturated rings. The lowest BCUT2D eigenvalue weighted by Gasteiger charge is -2.10. The third-order valence-electron chi connectivity index (χ3n) is 3.02. The number of rotatable bonds is 2. The van der Waals surface area contributed by atoms with Crippen LogP contribution >= 0.6 is 0 Å². The second-order valence-electron chi connectivity index (χ2n) is 4.15. The van der Waals surface area contributed by atoms with E-state index < -0.39 is 0 Å². The molecular formula is C14H13N3O. The molecule has 0 aliphatic heterocycles. The van der Waals surface area contributed by atoms with E-state index in [4.69, 9.17) is 0 Å². The van der Waals surface area contributed by atoms with E-state index in [1.165, 1.54) is 0 Å². The summed E-state index contributed by atoms with van der Waals surface area (Å²) in [6.45, 7) is 1.91. The summed E-state index contributed by atoms with van der Waals surface area (Å²) in [4.78, 5) is 3.97. The zero-order chi connectivity index (χ0) is 12.5. The number of nitrogens with one attached hydrogen (secondary N) is 1. The quantitative estimate of drug-likeness (QED) is 0.723. The first-order valence-electron chi connectivity index (χ1n) is 5.73. The highest BCUT2D eigenvalue weighted by Gasteiger charge is 2.12. The van der Waals surface area contributed by atoms with Crippen LogP contribution in [-0.2, 0) is 0 Å². The summed E-state index contributed by atoms with van der Waals surface area (Å²) < 4.78 is 1.68. The highest BCUT2D eigenvalue weighted by atomic mass is 16.3. The fourth-order valence-electron chi connectivity index (χ4n) is 2.06. The first-order chi connectivity index (χ1) is 8.77. The van der Waals surface area contributed by atoms with Crippen LogP contribution < -0.4 is 5.43 Å². The molecule has 0 unspecified atom stereocenters. The molecule has 0 spiro atoms. The van der Waals surface area contributed by atoms with E-state index in [1.807, 2.05) is 43.3 Å². The summed E-state index contributed by atoms with van der Waals surface area (Å²) in [5.41, 5.74) is 5.85. The topological polar surface area (TPSA) is 50.1 Å². The molecule has 2 aromatic heterocycles. The number of hydrogen-bond acceptors (Lipinski definition) is 3. The molecule has 0 radical (unpaired) electrons. The third kappa shape index (κ3) is 1.59. The van der Waals surface area contributed by atoms with Crippen LogP contribution in [0.3, 0.4) is 0 Å². The maximum atomic E-state index is 10.2. The van der Waals surface area contributed by atoms with Gasteiger partial charge in [0.25, 0.3) is 0 Å². The number of hydrogen-bond donors (Lipinski definition) is 2. The molecule has 2 heterocycles. The van der Waals surface area contributed by atoms with Gasteiger partial charge in [-0.25, -0.2) is 4.68 Å². The summed E-state index contributed by atoms with van der Waals surface area (Å²) in [5, 5.41) is 11.2. The molecule has 0 bridgehead atoms. The minimum Gasteiger partial charge on any atom is -0.493 e. The maximum Gasteiger partial charge on any atom is 0.214 e. The van der Waals surface area contributed by atoms with Gasteiger partial charge >= 0.3 is 0 Å². The van der Waals surface area contributed by atoms with Crippen molar-refractivity contribution in [1.29, 1.82) is 0 Å². The Bertz CT molecular complexity index is 689. The number of aryl methyl sites for hydroxylation is 1. The van der Waals surface area contributed by atoms with Crippen LogP contribution in [0.25, 0.3) is 10.9 Å². The van der Waals surface area contributed by atoms with Crippen LogP contribution in [0, 0.1) is 6.92 Å². The van der Waals surface area contributed by atoms with Gasteiger partial charge in [-0.15, -0.1) is 0 Å². The van der Waals surface area contributed by atoms with Gasteiger partial charge in [0.2, 0.25) is 5.88 Å². The first-order valence-corrected chi connectivity index (χ1v) is 5.73. The van der Waals surface area contributed by atoms with Gasteiger partial charge in [-0.2, -0.15) is 0 Å². The first kappa shape index (κ1) is 10.7. The highest BCUT2D eigenvalue weighted by molar-refractivity contribution is 5.87. The summed E-state index contributed by atoms with van der Waals surface area (Å²) in [5.74, 6) is 0.230. The van der Waals surface area contributed by atoms with Gasteiger partial charge in [0, 0.05) is 23.3 Å². The molecule has 90 valence electrons. The Hall–Kier alpha value is -2.49. The van der Waals surface area contributed by atoms with E-state index in [0.717, 1.165) is 22.2 Å². The number of pyridine rings is 1. The number of aromatic nitrogens is 2. The van der Waals surface area contributed by atoms with E-state index in [1.54, 1.807) is 17.1 Å². The average molecular weight is 239 g/mol. The van der Waals surface area contributed by atoms with Crippen LogP contribution in [0.5, 0.6) is 5.88 Å². The van der Waals surface area contributed by atoms with E-state index >= 15 is 0 Å². The van der Waals surface area contributed by atoms with Crippen LogP contribution in [0.4, 0.5) is 5.69 Å². The van der Waals surface area contributed by atoms with Crippen molar-refractivity contribution < 1.29 is 5.11 Å². The lowest BCUT2D eigenvalue weighted by atomic mass is 10.2. The Labute approximate surface area is 104 Å². The highest BCUT2D eigenvalue weighted by Crippen LogP contribution is 2.29. The summed E-state index contributed by atoms with van der Waals surface area (Å²) in [6, 6.07) is 11.6. The fourth-order valence-corrected chi connectivity index (χ4v) is 2.06. The van der Waals surface area contributed by atoms with Crippen molar-refractivity contribution >= 4 is 16.6 Å². The van der Waals surface area contributed by atoms with Crippen LogP contribution in [-0.4, -0.2) is 14.8 Å². The smallest absolute Gasteiger partial charge is 0.214 e. The number of aromatic hydroxyl groups is 1. The van der Waals surface area contributed by atoms with Crippen molar-refractivity contribution in [3.8, 4) is 5.88 Å². The minimum absolute atomic E-state index is 0.230. The van der Waals surface area contributed by atoms with Gasteiger partial charge in [0.05, 0.1) is 11.2 Å². The predicted octanol–water partition coefficient (Wildman–Crippen LogP) is 2.93. The van der Waals surface area contributed by atoms with E-state index in [-0.39, 0.29) is 5.88 Å². The van der Waals surface area contributed by atoms with Gasteiger partial charge in [0.15, 0.2) is 0 Å². The van der Waals surface area contributed by atoms with Crippen molar-refractivity contribution in [2.24, 2.45) is 0 Å². The number of nitrogens with zero attached hydrogens (tertiary/aromatic N) is 2. The lowest BCUT2D eigenvalue weighted by molar-refractivity contribution is 0.435. The van der Waals surface area contributed by atoms with E-state index in [9.17, 15) is 5.11 Å². The number of fused-ring (bicyclic) bond motifs is 1. The molecule has 3 rings (SSSR count). The molecule has 2 N–H and O–H groups in total. The van der Waals surface area contributed by atoms with Crippen molar-refractivity contribution in [3.05, 3.63) is 54.4 Å². The molecular weight excluding hydrogens is 226 g/mol. The van der Waals surface area contributed by atoms with Crippen molar-refractivity contribution in [3.63, 3.8) is 0 Å². The van der Waals surface area contributed by atoms with Gasteiger partial charge in [0.1, 0.15) is 0 Å². The third-order valence-corrected chi connectivity index (χ3v) is 3.02. The molecule has 0 amide bonds. The average Bonchev–Trinajstić information content (AvgIpc) is 2.66. The van der Waals surface area contributed by atoms with E-state index in [2.05, 4.69) is 10.4 Å². The van der Waals surface area contributed by atoms with Crippen molar-refractivity contribution in [2.45, 2.75) is 6.92 Å². The molecule has 0 saturated carbocycles. The summed E-state index contributed by atoms with van der Waals surface area (Å²) in [7, 11) is 0. The Kier molecular flexibility index (Phi) is 2.41. The zero-order valence-electron chi connectivity index (χ0n) is 9.96. The molecule has 0 aliphatic carbocycles. The Morgan fingerprint density at radius 2 is 1.83 bits per heavy atom. The molecule has 18 heavy (non-hydrogen) atoms. The van der Waals surface area contributed by atoms with Crippen LogP contribution in [0.1, 0.15) is 5.56 Å². The fraction of sp³-hybridized carbons (Fsp3) is 0.0714. The monoisotopic (exact) mass is 239 g/mol. The standard InChI is InChI=1S/C14H13N3O/c1-10-12-4-2-3-5-13(12)17(14(10)18)16-11-6-8-15-9-7-11/h2-9,18H,1H3,(H,15,16). The predicted molar refractivity (Wildman–Crippen MR) is 71.6 cm³/mol. The van der Waals surface area contributed by atoms with Gasteiger partial charge < -0.3 is 5.11 Å². The second-order valence-corrected chi connectivity index (χ2v) is 4.15. The van der Waals surface area contributed by atoms with Gasteiger partial charge in [-0.1, -0.05) is 18.2 Å². The van der Waals surface area contributed by atoms with Crippen molar-refractivity contribution in [1.82, 2.24) is 9.66 Å². The SMILES string of the molecule is Cc1c(O)n(Nc2ccncc2)c2ccccc12. The maximum absolute atomic E-state index is 10.2. The Morgan fingerprint density at radius 3 is 2.61 bits per heavy atom. The molecule has 1 aromatic carbocycles. The number of para-hydroxylation sites is 1. The Morgan fingerprint density at radius 1 is 1.11 bits per heavy atom. The Balaban J connectivity index is 2.15. The lowest BCUT2D eigenvalue weighted by Crippen LogP contribution is -2.07. The minimum atomic E-state index is 0.230. The van der Waals surface area contributed by atoms with Crippen molar-refractivity contribution in [2.75, 3.05) is 5.43 Å². The summed E-state index contributed by atoms with van der Waals surface area (Å²) in [6.07, 6.45) is 3.41.